The lowest BCUT2D eigenvalue weighted by Crippen LogP contribution is -2.32. The van der Waals surface area contributed by atoms with E-state index in [0.717, 1.165) is 23.3 Å². The summed E-state index contributed by atoms with van der Waals surface area (Å²) in [5.41, 5.74) is 7.79. The molecule has 0 unspecified atom stereocenters. The SMILES string of the molecule is C=C(C)CNC(N)=NCc1ccc(OCCC)c(OC)c1. The van der Waals surface area contributed by atoms with Crippen molar-refractivity contribution in [1.82, 2.24) is 5.32 Å². The van der Waals surface area contributed by atoms with Crippen LogP contribution in [0, 0.1) is 0 Å². The predicted octanol–water partition coefficient (Wildman–Crippen LogP) is 2.46. The number of benzene rings is 1. The van der Waals surface area contributed by atoms with E-state index in [0.29, 0.717) is 31.4 Å². The van der Waals surface area contributed by atoms with Crippen molar-refractivity contribution in [3.63, 3.8) is 0 Å². The van der Waals surface area contributed by atoms with Gasteiger partial charge in [-0.25, -0.2) is 4.99 Å². The lowest BCUT2D eigenvalue weighted by Gasteiger charge is -2.11. The van der Waals surface area contributed by atoms with E-state index in [-0.39, 0.29) is 0 Å². The topological polar surface area (TPSA) is 68.9 Å². The lowest BCUT2D eigenvalue weighted by atomic mass is 10.2. The number of rotatable bonds is 8. The largest absolute Gasteiger partial charge is 0.493 e. The summed E-state index contributed by atoms with van der Waals surface area (Å²) in [6.07, 6.45) is 0.958. The molecule has 0 aliphatic carbocycles. The molecule has 0 spiro atoms. The molecule has 0 fully saturated rings. The third-order valence-electron chi connectivity index (χ3n) is 2.69. The lowest BCUT2D eigenvalue weighted by molar-refractivity contribution is 0.294. The molecule has 0 bridgehead atoms. The fourth-order valence-corrected chi connectivity index (χ4v) is 1.62. The molecule has 0 heterocycles. The van der Waals surface area contributed by atoms with Crippen LogP contribution in [0.25, 0.3) is 0 Å². The van der Waals surface area contributed by atoms with Crippen LogP contribution in [-0.2, 0) is 6.54 Å². The molecule has 3 N–H and O–H groups in total. The van der Waals surface area contributed by atoms with E-state index in [9.17, 15) is 0 Å². The number of aliphatic imine (C=N–C) groups is 1. The van der Waals surface area contributed by atoms with Gasteiger partial charge in [0.05, 0.1) is 20.3 Å². The van der Waals surface area contributed by atoms with Gasteiger partial charge in [-0.05, 0) is 31.0 Å². The van der Waals surface area contributed by atoms with E-state index in [1.54, 1.807) is 7.11 Å². The summed E-state index contributed by atoms with van der Waals surface area (Å²) in [7, 11) is 1.63. The Hall–Kier alpha value is -2.17. The maximum Gasteiger partial charge on any atom is 0.189 e. The fraction of sp³-hybridized carbons (Fsp3) is 0.438. The van der Waals surface area contributed by atoms with E-state index in [1.807, 2.05) is 25.1 Å². The zero-order valence-electron chi connectivity index (χ0n) is 13.1. The van der Waals surface area contributed by atoms with Crippen molar-refractivity contribution in [2.45, 2.75) is 26.8 Å². The summed E-state index contributed by atoms with van der Waals surface area (Å²) < 4.78 is 11.0. The van der Waals surface area contributed by atoms with Crippen LogP contribution >= 0.6 is 0 Å². The highest BCUT2D eigenvalue weighted by Gasteiger charge is 2.05. The van der Waals surface area contributed by atoms with Gasteiger partial charge in [0.2, 0.25) is 0 Å². The maximum atomic E-state index is 5.78. The first-order valence-electron chi connectivity index (χ1n) is 7.04. The van der Waals surface area contributed by atoms with Crippen LogP contribution in [0.1, 0.15) is 25.8 Å². The quantitative estimate of drug-likeness (QED) is 0.438. The van der Waals surface area contributed by atoms with Crippen LogP contribution in [0.2, 0.25) is 0 Å². The second kappa shape index (κ2) is 8.89. The summed E-state index contributed by atoms with van der Waals surface area (Å²) in [6, 6.07) is 5.78. The smallest absolute Gasteiger partial charge is 0.189 e. The molecule has 0 saturated carbocycles. The van der Waals surface area contributed by atoms with Crippen LogP contribution < -0.4 is 20.5 Å². The van der Waals surface area contributed by atoms with Crippen molar-refractivity contribution in [3.8, 4) is 11.5 Å². The minimum absolute atomic E-state index is 0.406. The third kappa shape index (κ3) is 6.21. The number of guanidine groups is 1. The van der Waals surface area contributed by atoms with Gasteiger partial charge >= 0.3 is 0 Å². The second-order valence-corrected chi connectivity index (χ2v) is 4.85. The number of hydrogen-bond acceptors (Lipinski definition) is 3. The van der Waals surface area contributed by atoms with Gasteiger partial charge in [-0.1, -0.05) is 25.1 Å². The van der Waals surface area contributed by atoms with E-state index in [2.05, 4.69) is 23.8 Å². The van der Waals surface area contributed by atoms with Gasteiger partial charge in [0.25, 0.3) is 0 Å². The third-order valence-corrected chi connectivity index (χ3v) is 2.69. The van der Waals surface area contributed by atoms with Crippen LogP contribution in [0.15, 0.2) is 35.3 Å². The Balaban J connectivity index is 2.67. The van der Waals surface area contributed by atoms with Crippen molar-refractivity contribution in [1.29, 1.82) is 0 Å². The average molecular weight is 291 g/mol. The zero-order valence-corrected chi connectivity index (χ0v) is 13.1. The normalized spacial score (nSPS) is 11.1. The first-order chi connectivity index (χ1) is 10.1. The Morgan fingerprint density at radius 2 is 2.14 bits per heavy atom. The molecule has 0 amide bonds. The van der Waals surface area contributed by atoms with Gasteiger partial charge in [0.1, 0.15) is 0 Å². The molecule has 0 saturated heterocycles. The van der Waals surface area contributed by atoms with Crippen molar-refractivity contribution < 1.29 is 9.47 Å². The molecular formula is C16H25N3O2. The number of nitrogens with zero attached hydrogens (tertiary/aromatic N) is 1. The van der Waals surface area contributed by atoms with E-state index < -0.39 is 0 Å². The molecule has 0 aromatic heterocycles. The first kappa shape index (κ1) is 16.9. The zero-order chi connectivity index (χ0) is 15.7. The second-order valence-electron chi connectivity index (χ2n) is 4.85. The molecule has 0 radical (unpaired) electrons. The predicted molar refractivity (Wildman–Crippen MR) is 86.9 cm³/mol. The molecule has 1 aromatic rings. The van der Waals surface area contributed by atoms with Crippen molar-refractivity contribution in [2.24, 2.45) is 10.7 Å². The Morgan fingerprint density at radius 1 is 1.38 bits per heavy atom. The summed E-state index contributed by atoms with van der Waals surface area (Å²) in [5.74, 6) is 1.87. The van der Waals surface area contributed by atoms with Crippen LogP contribution in [-0.4, -0.2) is 26.2 Å². The molecule has 0 aliphatic rings. The van der Waals surface area contributed by atoms with Gasteiger partial charge in [0.15, 0.2) is 17.5 Å². The Morgan fingerprint density at radius 3 is 2.76 bits per heavy atom. The van der Waals surface area contributed by atoms with Crippen LogP contribution in [0.3, 0.4) is 0 Å². The molecule has 0 atom stereocenters. The van der Waals surface area contributed by atoms with Gasteiger partial charge in [-0.2, -0.15) is 0 Å². The minimum Gasteiger partial charge on any atom is -0.493 e. The van der Waals surface area contributed by atoms with Gasteiger partial charge in [0, 0.05) is 6.54 Å². The molecule has 1 rings (SSSR count). The minimum atomic E-state index is 0.406. The summed E-state index contributed by atoms with van der Waals surface area (Å²) in [6.45, 7) is 9.58. The Kier molecular flexibility index (Phi) is 7.15. The molecule has 1 aromatic carbocycles. The van der Waals surface area contributed by atoms with Crippen molar-refractivity contribution in [2.75, 3.05) is 20.3 Å². The summed E-state index contributed by atoms with van der Waals surface area (Å²) in [4.78, 5) is 4.28. The highest BCUT2D eigenvalue weighted by molar-refractivity contribution is 5.78. The van der Waals surface area contributed by atoms with Gasteiger partial charge in [-0.3, -0.25) is 0 Å². The van der Waals surface area contributed by atoms with Crippen molar-refractivity contribution >= 4 is 5.96 Å². The van der Waals surface area contributed by atoms with Gasteiger partial charge in [-0.15, -0.1) is 0 Å². The Bertz CT molecular complexity index is 498. The fourth-order valence-electron chi connectivity index (χ4n) is 1.62. The number of ether oxygens (including phenoxy) is 2. The molecule has 5 nitrogen and oxygen atoms in total. The highest BCUT2D eigenvalue weighted by Crippen LogP contribution is 2.28. The summed E-state index contributed by atoms with van der Waals surface area (Å²) in [5, 5.41) is 2.99. The number of nitrogens with one attached hydrogen (secondary N) is 1. The summed E-state index contributed by atoms with van der Waals surface area (Å²) >= 11 is 0. The monoisotopic (exact) mass is 291 g/mol. The highest BCUT2D eigenvalue weighted by atomic mass is 16.5. The number of hydrogen-bond donors (Lipinski definition) is 2. The Labute approximate surface area is 126 Å². The van der Waals surface area contributed by atoms with Crippen LogP contribution in [0.4, 0.5) is 0 Å². The standard InChI is InChI=1S/C16H25N3O2/c1-5-8-21-14-7-6-13(9-15(14)20-4)11-19-16(17)18-10-12(2)3/h6-7,9H,2,5,8,10-11H2,1,3-4H3,(H3,17,18,19). The molecule has 5 heteroatoms. The van der Waals surface area contributed by atoms with E-state index in [1.165, 1.54) is 0 Å². The molecule has 0 aliphatic heterocycles. The first-order valence-corrected chi connectivity index (χ1v) is 7.04. The number of methoxy groups -OCH3 is 1. The van der Waals surface area contributed by atoms with Crippen LogP contribution in [0.5, 0.6) is 11.5 Å². The van der Waals surface area contributed by atoms with Crippen molar-refractivity contribution in [3.05, 3.63) is 35.9 Å². The number of nitrogens with two attached hydrogens (primary N) is 1. The molecular weight excluding hydrogens is 266 g/mol. The van der Waals surface area contributed by atoms with Gasteiger partial charge < -0.3 is 20.5 Å². The molecule has 116 valence electrons. The maximum absolute atomic E-state index is 5.78. The van der Waals surface area contributed by atoms with E-state index >= 15 is 0 Å². The average Bonchev–Trinajstić information content (AvgIpc) is 2.49. The molecule has 21 heavy (non-hydrogen) atoms. The van der Waals surface area contributed by atoms with E-state index in [4.69, 9.17) is 15.2 Å².